The maximum absolute atomic E-state index is 14.8. The van der Waals surface area contributed by atoms with Crippen molar-refractivity contribution in [1.82, 2.24) is 0 Å². The second-order valence-corrected chi connectivity index (χ2v) is 17.2. The van der Waals surface area contributed by atoms with Crippen LogP contribution in [0.1, 0.15) is 74.9 Å². The summed E-state index contributed by atoms with van der Waals surface area (Å²) in [7, 11) is 0. The predicted molar refractivity (Wildman–Crippen MR) is 247 cm³/mol. The second-order valence-electron chi connectivity index (χ2n) is 17.2. The number of carbonyl (C=O) groups excluding carboxylic acids is 2. The Morgan fingerprint density at radius 1 is 0.422 bits per heavy atom. The Labute approximate surface area is 376 Å². The van der Waals surface area contributed by atoms with E-state index in [1.54, 1.807) is 26.0 Å². The molecule has 0 aliphatic carbocycles. The summed E-state index contributed by atoms with van der Waals surface area (Å²) in [6.07, 6.45) is -0.546. The van der Waals surface area contributed by atoms with Crippen molar-refractivity contribution in [2.24, 2.45) is 0 Å². The lowest BCUT2D eigenvalue weighted by Crippen LogP contribution is -2.58. The lowest BCUT2D eigenvalue weighted by Gasteiger charge is -2.44. The van der Waals surface area contributed by atoms with E-state index in [2.05, 4.69) is 0 Å². The molecule has 4 atom stereocenters. The monoisotopic (exact) mass is 854 g/mol. The minimum atomic E-state index is -1.63. The summed E-state index contributed by atoms with van der Waals surface area (Å²) in [5, 5.41) is 0. The quantitative estimate of drug-likeness (QED) is 0.0838. The summed E-state index contributed by atoms with van der Waals surface area (Å²) in [5.74, 6) is -3.58. The van der Waals surface area contributed by atoms with Crippen LogP contribution in [0.15, 0.2) is 193 Å². The molecule has 2 saturated heterocycles. The molecule has 2 aliphatic heterocycles. The highest BCUT2D eigenvalue weighted by molar-refractivity contribution is 5.94. The third-order valence-corrected chi connectivity index (χ3v) is 11.7. The zero-order chi connectivity index (χ0) is 45.0. The fraction of sp³-hybridized carbons (Fsp3) is 0.250. The first kappa shape index (κ1) is 44.2. The van der Waals surface area contributed by atoms with E-state index < -0.39 is 59.1 Å². The van der Waals surface area contributed by atoms with Crippen LogP contribution in [0.3, 0.4) is 0 Å². The maximum Gasteiger partial charge on any atom is 0.335 e. The van der Waals surface area contributed by atoms with E-state index in [0.29, 0.717) is 33.4 Å². The SMILES string of the molecule is C/C(=C\c1ccccc1)C(=O)OC(c1ccccc1)(c1ccccc1)[C@@H]1OC(C)(C)O[C@H]1[C@H]1OC(C)(C)O[C@@H]1C(OC(=O)/C(C)=C/c1ccccc1)(c1ccccc1)c1ccccc1. The Kier molecular flexibility index (Phi) is 12.7. The first-order valence-electron chi connectivity index (χ1n) is 21.7. The van der Waals surface area contributed by atoms with Crippen LogP contribution < -0.4 is 0 Å². The molecule has 0 amide bonds. The predicted octanol–water partition coefficient (Wildman–Crippen LogP) is 11.2. The molecule has 64 heavy (non-hydrogen) atoms. The van der Waals surface area contributed by atoms with E-state index in [9.17, 15) is 9.59 Å². The van der Waals surface area contributed by atoms with Crippen LogP contribution >= 0.6 is 0 Å². The van der Waals surface area contributed by atoms with E-state index >= 15 is 0 Å². The van der Waals surface area contributed by atoms with Crippen molar-refractivity contribution in [2.75, 3.05) is 0 Å². The van der Waals surface area contributed by atoms with Gasteiger partial charge in [0.05, 0.1) is 0 Å². The minimum Gasteiger partial charge on any atom is -0.443 e. The van der Waals surface area contributed by atoms with Crippen molar-refractivity contribution < 1.29 is 38.0 Å². The molecule has 0 saturated carbocycles. The van der Waals surface area contributed by atoms with Crippen molar-refractivity contribution in [2.45, 2.75) is 88.7 Å². The Morgan fingerprint density at radius 3 is 0.938 bits per heavy atom. The number of ether oxygens (including phenoxy) is 6. The van der Waals surface area contributed by atoms with Crippen molar-refractivity contribution in [3.8, 4) is 0 Å². The maximum atomic E-state index is 14.8. The molecule has 0 unspecified atom stereocenters. The van der Waals surface area contributed by atoms with Crippen LogP contribution in [0.5, 0.6) is 0 Å². The summed E-state index contributed by atoms with van der Waals surface area (Å²) >= 11 is 0. The van der Waals surface area contributed by atoms with Crippen molar-refractivity contribution in [3.63, 3.8) is 0 Å². The zero-order valence-electron chi connectivity index (χ0n) is 37.1. The molecule has 6 aromatic carbocycles. The van der Waals surface area contributed by atoms with Crippen LogP contribution in [0.2, 0.25) is 0 Å². The molecule has 8 heteroatoms. The molecule has 326 valence electrons. The van der Waals surface area contributed by atoms with Gasteiger partial charge in [-0.2, -0.15) is 0 Å². The average molecular weight is 855 g/mol. The molecule has 0 N–H and O–H groups in total. The van der Waals surface area contributed by atoms with Gasteiger partial charge in [-0.3, -0.25) is 0 Å². The summed E-state index contributed by atoms with van der Waals surface area (Å²) in [5.41, 5.74) is 1.82. The van der Waals surface area contributed by atoms with Gasteiger partial charge >= 0.3 is 11.9 Å². The minimum absolute atomic E-state index is 0.384. The summed E-state index contributed by atoms with van der Waals surface area (Å²) in [6.45, 7) is 10.8. The third kappa shape index (κ3) is 9.01. The van der Waals surface area contributed by atoms with Gasteiger partial charge in [0.1, 0.15) is 24.4 Å². The molecular weight excluding hydrogens is 801 g/mol. The van der Waals surface area contributed by atoms with E-state index in [1.807, 2.05) is 210 Å². The van der Waals surface area contributed by atoms with Gasteiger partial charge in [0.25, 0.3) is 0 Å². The first-order chi connectivity index (χ1) is 30.8. The Morgan fingerprint density at radius 2 is 0.672 bits per heavy atom. The Hall–Kier alpha value is -6.42. The van der Waals surface area contributed by atoms with Gasteiger partial charge in [-0.1, -0.05) is 182 Å². The Balaban J connectivity index is 1.34. The number of benzene rings is 6. The van der Waals surface area contributed by atoms with Gasteiger partial charge in [0.2, 0.25) is 0 Å². The van der Waals surface area contributed by atoms with Gasteiger partial charge in [0.15, 0.2) is 22.8 Å². The van der Waals surface area contributed by atoms with Crippen molar-refractivity contribution in [1.29, 1.82) is 0 Å². The van der Waals surface area contributed by atoms with Crippen molar-refractivity contribution >= 4 is 24.1 Å². The number of esters is 2. The lowest BCUT2D eigenvalue weighted by molar-refractivity contribution is -0.185. The van der Waals surface area contributed by atoms with Gasteiger partial charge in [-0.05, 0) is 64.8 Å². The molecule has 8 nitrogen and oxygen atoms in total. The molecule has 0 bridgehead atoms. The van der Waals surface area contributed by atoms with Crippen LogP contribution in [0.25, 0.3) is 12.2 Å². The van der Waals surface area contributed by atoms with Crippen molar-refractivity contribution in [3.05, 3.63) is 227 Å². The van der Waals surface area contributed by atoms with Gasteiger partial charge in [-0.15, -0.1) is 0 Å². The molecule has 8 rings (SSSR count). The molecule has 2 heterocycles. The largest absolute Gasteiger partial charge is 0.443 e. The molecule has 2 aliphatic rings. The van der Waals surface area contributed by atoms with Crippen LogP contribution in [-0.2, 0) is 49.2 Å². The summed E-state index contributed by atoms with van der Waals surface area (Å²) in [6, 6.07) is 57.6. The Bertz CT molecular complexity index is 2310. The van der Waals surface area contributed by atoms with Crippen LogP contribution in [0.4, 0.5) is 0 Å². The highest BCUT2D eigenvalue weighted by Crippen LogP contribution is 2.53. The number of hydrogen-bond donors (Lipinski definition) is 0. The molecule has 6 aromatic rings. The van der Waals surface area contributed by atoms with Crippen LogP contribution in [-0.4, -0.2) is 47.9 Å². The summed E-state index contributed by atoms with van der Waals surface area (Å²) < 4.78 is 42.4. The summed E-state index contributed by atoms with van der Waals surface area (Å²) in [4.78, 5) is 29.5. The normalized spacial score (nSPS) is 21.0. The van der Waals surface area contributed by atoms with Gasteiger partial charge in [0, 0.05) is 33.4 Å². The first-order valence-corrected chi connectivity index (χ1v) is 21.7. The zero-order valence-corrected chi connectivity index (χ0v) is 37.1. The van der Waals surface area contributed by atoms with E-state index in [1.165, 1.54) is 0 Å². The van der Waals surface area contributed by atoms with Crippen LogP contribution in [0, 0.1) is 0 Å². The second kappa shape index (κ2) is 18.4. The van der Waals surface area contributed by atoms with Gasteiger partial charge in [-0.25, -0.2) is 9.59 Å². The van der Waals surface area contributed by atoms with E-state index in [4.69, 9.17) is 28.4 Å². The average Bonchev–Trinajstić information content (AvgIpc) is 3.83. The number of carbonyl (C=O) groups is 2. The smallest absolute Gasteiger partial charge is 0.335 e. The molecule has 0 spiro atoms. The molecule has 0 aromatic heterocycles. The lowest BCUT2D eigenvalue weighted by atomic mass is 9.74. The number of hydrogen-bond acceptors (Lipinski definition) is 8. The topological polar surface area (TPSA) is 89.5 Å². The fourth-order valence-corrected chi connectivity index (χ4v) is 8.94. The fourth-order valence-electron chi connectivity index (χ4n) is 8.94. The number of rotatable bonds is 13. The standard InChI is InChI=1S/C56H54O8/c1-39(37-41-25-13-7-14-26-41)51(57)63-55(43-29-17-9-18-30-43,44-31-19-10-20-32-44)49-47(59-53(3,4)61-49)48-50(62-54(5,6)60-48)56(45-33-21-11-22-34-45,46-35-23-12-24-36-46)64-52(58)40(2)38-42-27-15-8-16-28-42/h7-38,47-50H,1-6H3/b39-37+,40-38+/t47-,48+,49+,50-. The molecule has 2 fully saturated rings. The molecule has 0 radical (unpaired) electrons. The highest BCUT2D eigenvalue weighted by atomic mass is 16.8. The van der Waals surface area contributed by atoms with Gasteiger partial charge < -0.3 is 28.4 Å². The van der Waals surface area contributed by atoms with E-state index in [0.717, 1.165) is 11.1 Å². The highest BCUT2D eigenvalue weighted by Gasteiger charge is 2.66. The molecular formula is C56H54O8. The van der Waals surface area contributed by atoms with E-state index in [-0.39, 0.29) is 0 Å². The third-order valence-electron chi connectivity index (χ3n) is 11.7.